The van der Waals surface area contributed by atoms with Gasteiger partial charge in [-0.2, -0.15) is 0 Å². The molecule has 1 aromatic heterocycles. The van der Waals surface area contributed by atoms with Crippen molar-refractivity contribution in [2.45, 2.75) is 26.7 Å². The van der Waals surface area contributed by atoms with E-state index in [1.807, 2.05) is 6.92 Å². The van der Waals surface area contributed by atoms with Crippen LogP contribution in [-0.2, 0) is 9.53 Å². The molecule has 0 atom stereocenters. The maximum atomic E-state index is 12.1. The highest BCUT2D eigenvalue weighted by molar-refractivity contribution is 6.32. The van der Waals surface area contributed by atoms with Gasteiger partial charge in [-0.25, -0.2) is 9.79 Å². The van der Waals surface area contributed by atoms with Gasteiger partial charge in [0.2, 0.25) is 0 Å². The molecule has 0 unspecified atom stereocenters. The fourth-order valence-corrected chi connectivity index (χ4v) is 2.74. The molecule has 27 heavy (non-hydrogen) atoms. The summed E-state index contributed by atoms with van der Waals surface area (Å²) in [5.74, 6) is 0.988. The summed E-state index contributed by atoms with van der Waals surface area (Å²) in [5, 5.41) is 0.408. The molecule has 1 aromatic carbocycles. The third kappa shape index (κ3) is 4.52. The van der Waals surface area contributed by atoms with Gasteiger partial charge in [0.1, 0.15) is 0 Å². The number of halogens is 1. The lowest BCUT2D eigenvalue weighted by Crippen LogP contribution is -2.04. The molecule has 2 aromatic rings. The van der Waals surface area contributed by atoms with Gasteiger partial charge in [-0.05, 0) is 49.2 Å². The Morgan fingerprint density at radius 3 is 2.81 bits per heavy atom. The molecule has 1 aliphatic rings. The van der Waals surface area contributed by atoms with Crippen molar-refractivity contribution in [2.75, 3.05) is 13.2 Å². The van der Waals surface area contributed by atoms with E-state index < -0.39 is 5.97 Å². The van der Waals surface area contributed by atoms with Gasteiger partial charge in [0.15, 0.2) is 23.0 Å². The van der Waals surface area contributed by atoms with Gasteiger partial charge in [0.05, 0.1) is 24.5 Å². The monoisotopic (exact) mass is 389 g/mol. The Hall–Kier alpha value is -2.73. The Balaban J connectivity index is 1.90. The number of rotatable bonds is 8. The summed E-state index contributed by atoms with van der Waals surface area (Å²) < 4.78 is 21.8. The number of carbonyl (C=O) groups excluding carboxylic acids is 1. The summed E-state index contributed by atoms with van der Waals surface area (Å²) >= 11 is 6.38. The average Bonchev–Trinajstić information content (AvgIpc) is 3.28. The Kier molecular flexibility index (Phi) is 6.19. The highest BCUT2D eigenvalue weighted by Crippen LogP contribution is 2.37. The van der Waals surface area contributed by atoms with Crippen LogP contribution in [0.2, 0.25) is 5.02 Å². The van der Waals surface area contributed by atoms with Crippen LogP contribution in [0.1, 0.15) is 38.0 Å². The lowest BCUT2D eigenvalue weighted by atomic mass is 10.1. The van der Waals surface area contributed by atoms with E-state index in [1.54, 1.807) is 30.3 Å². The molecule has 2 heterocycles. The predicted octanol–water partition coefficient (Wildman–Crippen LogP) is 4.86. The third-order valence-electron chi connectivity index (χ3n) is 3.73. The van der Waals surface area contributed by atoms with Gasteiger partial charge in [0.25, 0.3) is 5.90 Å². The minimum Gasteiger partial charge on any atom is -0.490 e. The number of furan rings is 1. The number of aliphatic imine (C=N–C) groups is 1. The minimum absolute atomic E-state index is 0.131. The lowest BCUT2D eigenvalue weighted by molar-refractivity contribution is -0.130. The molecule has 0 N–H and O–H groups in total. The van der Waals surface area contributed by atoms with Gasteiger partial charge < -0.3 is 18.6 Å². The predicted molar refractivity (Wildman–Crippen MR) is 102 cm³/mol. The highest BCUT2D eigenvalue weighted by Gasteiger charge is 2.26. The molecule has 7 heteroatoms. The van der Waals surface area contributed by atoms with E-state index in [2.05, 4.69) is 11.9 Å². The second kappa shape index (κ2) is 8.77. The molecule has 0 radical (unpaired) electrons. The van der Waals surface area contributed by atoms with Crippen LogP contribution in [0, 0.1) is 0 Å². The number of benzene rings is 1. The van der Waals surface area contributed by atoms with Crippen LogP contribution in [0.3, 0.4) is 0 Å². The quantitative estimate of drug-likeness (QED) is 0.366. The van der Waals surface area contributed by atoms with E-state index in [0.29, 0.717) is 41.1 Å². The molecule has 0 saturated carbocycles. The first-order valence-corrected chi connectivity index (χ1v) is 9.15. The van der Waals surface area contributed by atoms with E-state index in [1.165, 1.54) is 6.26 Å². The summed E-state index contributed by atoms with van der Waals surface area (Å²) in [6.07, 6.45) is 5.01. The molecule has 142 valence electrons. The van der Waals surface area contributed by atoms with Crippen LogP contribution in [0.4, 0.5) is 0 Å². The van der Waals surface area contributed by atoms with Crippen LogP contribution in [0.15, 0.2) is 45.6 Å². The largest absolute Gasteiger partial charge is 0.490 e. The molecule has 0 spiro atoms. The second-order valence-electron chi connectivity index (χ2n) is 5.78. The summed E-state index contributed by atoms with van der Waals surface area (Å²) in [7, 11) is 0. The fraction of sp³-hybridized carbons (Fsp3) is 0.300. The minimum atomic E-state index is -0.557. The summed E-state index contributed by atoms with van der Waals surface area (Å²) in [6.45, 7) is 4.98. The van der Waals surface area contributed by atoms with Crippen molar-refractivity contribution in [3.63, 3.8) is 0 Å². The number of cyclic esters (lactones) is 1. The van der Waals surface area contributed by atoms with Crippen molar-refractivity contribution in [3.8, 4) is 11.5 Å². The Labute approximate surface area is 162 Å². The van der Waals surface area contributed by atoms with Gasteiger partial charge in [-0.15, -0.1) is 0 Å². The zero-order valence-electron chi connectivity index (χ0n) is 15.2. The molecule has 0 fully saturated rings. The molecule has 3 rings (SSSR count). The first-order chi connectivity index (χ1) is 13.1. The van der Waals surface area contributed by atoms with Crippen LogP contribution >= 0.6 is 11.6 Å². The van der Waals surface area contributed by atoms with Gasteiger partial charge >= 0.3 is 5.97 Å². The molecule has 0 bridgehead atoms. The van der Waals surface area contributed by atoms with Crippen LogP contribution in [0.25, 0.3) is 6.08 Å². The third-order valence-corrected chi connectivity index (χ3v) is 4.01. The van der Waals surface area contributed by atoms with Crippen molar-refractivity contribution in [3.05, 3.63) is 52.6 Å². The summed E-state index contributed by atoms with van der Waals surface area (Å²) in [6, 6.07) is 6.82. The maximum Gasteiger partial charge on any atom is 0.363 e. The first kappa shape index (κ1) is 19.0. The van der Waals surface area contributed by atoms with Crippen molar-refractivity contribution < 1.29 is 23.4 Å². The second-order valence-corrected chi connectivity index (χ2v) is 6.19. The number of unbranched alkanes of at least 4 members (excludes halogenated alkanes) is 1. The normalized spacial score (nSPS) is 15.0. The fourth-order valence-electron chi connectivity index (χ4n) is 2.47. The van der Waals surface area contributed by atoms with Crippen LogP contribution in [-0.4, -0.2) is 25.1 Å². The molecule has 0 aliphatic carbocycles. The van der Waals surface area contributed by atoms with Gasteiger partial charge in [-0.1, -0.05) is 24.9 Å². The van der Waals surface area contributed by atoms with E-state index in [9.17, 15) is 4.79 Å². The Morgan fingerprint density at radius 1 is 1.26 bits per heavy atom. The summed E-state index contributed by atoms with van der Waals surface area (Å²) in [4.78, 5) is 16.3. The average molecular weight is 390 g/mol. The SMILES string of the molecule is CCCCOc1c(Cl)cc(/C=C2\N=C(c3ccco3)OC2=O)cc1OCC. The number of carbonyl (C=O) groups is 1. The Morgan fingerprint density at radius 2 is 2.11 bits per heavy atom. The summed E-state index contributed by atoms with van der Waals surface area (Å²) in [5.41, 5.74) is 0.808. The van der Waals surface area contributed by atoms with Crippen molar-refractivity contribution >= 4 is 29.5 Å². The standard InChI is InChI=1S/C20H20ClNO5/c1-3-5-8-26-18-14(21)10-13(12-17(18)24-4-2)11-15-20(23)27-19(22-15)16-7-6-9-25-16/h6-7,9-12H,3-5,8H2,1-2H3/b15-11-. The zero-order valence-corrected chi connectivity index (χ0v) is 15.9. The van der Waals surface area contributed by atoms with E-state index >= 15 is 0 Å². The number of hydrogen-bond acceptors (Lipinski definition) is 6. The van der Waals surface area contributed by atoms with E-state index in [-0.39, 0.29) is 11.6 Å². The number of esters is 1. The molecule has 0 saturated heterocycles. The van der Waals surface area contributed by atoms with E-state index in [0.717, 1.165) is 12.8 Å². The Bertz CT molecular complexity index is 871. The number of ether oxygens (including phenoxy) is 3. The highest BCUT2D eigenvalue weighted by atomic mass is 35.5. The molecule has 1 aliphatic heterocycles. The topological polar surface area (TPSA) is 70.3 Å². The molecular formula is C20H20ClNO5. The van der Waals surface area contributed by atoms with Crippen molar-refractivity contribution in [1.82, 2.24) is 0 Å². The number of nitrogens with zero attached hydrogens (tertiary/aromatic N) is 1. The van der Waals surface area contributed by atoms with Crippen molar-refractivity contribution in [2.24, 2.45) is 4.99 Å². The smallest absolute Gasteiger partial charge is 0.363 e. The van der Waals surface area contributed by atoms with E-state index in [4.69, 9.17) is 30.2 Å². The van der Waals surface area contributed by atoms with Gasteiger partial charge in [0, 0.05) is 0 Å². The maximum absolute atomic E-state index is 12.1. The van der Waals surface area contributed by atoms with Crippen LogP contribution < -0.4 is 9.47 Å². The van der Waals surface area contributed by atoms with Gasteiger partial charge in [-0.3, -0.25) is 0 Å². The van der Waals surface area contributed by atoms with Crippen LogP contribution in [0.5, 0.6) is 11.5 Å². The zero-order chi connectivity index (χ0) is 19.2. The number of hydrogen-bond donors (Lipinski definition) is 0. The first-order valence-electron chi connectivity index (χ1n) is 8.78. The van der Waals surface area contributed by atoms with Crippen molar-refractivity contribution in [1.29, 1.82) is 0 Å². The molecule has 6 nitrogen and oxygen atoms in total. The molecular weight excluding hydrogens is 370 g/mol. The lowest BCUT2D eigenvalue weighted by Gasteiger charge is -2.14. The molecule has 0 amide bonds.